The summed E-state index contributed by atoms with van der Waals surface area (Å²) in [4.78, 5) is 11.7. The Kier molecular flexibility index (Phi) is 4.75. The number of methoxy groups -OCH3 is 1. The van der Waals surface area contributed by atoms with Crippen LogP contribution in [0.15, 0.2) is 15.6 Å². The van der Waals surface area contributed by atoms with Gasteiger partial charge in [0.25, 0.3) is 0 Å². The SMILES string of the molecule is COC(=O)c1oc([C@@H](C)Sc2nnc3n2CCCCC3)cc1C. The molecule has 0 N–H and O–H groups in total. The third kappa shape index (κ3) is 3.29. The van der Waals surface area contributed by atoms with Crippen molar-refractivity contribution in [3.8, 4) is 0 Å². The molecule has 2 aromatic rings. The molecule has 0 amide bonds. The second-order valence-electron chi connectivity index (χ2n) is 5.77. The summed E-state index contributed by atoms with van der Waals surface area (Å²) in [7, 11) is 1.35. The molecule has 1 atom stereocenters. The maximum atomic E-state index is 11.7. The highest BCUT2D eigenvalue weighted by atomic mass is 32.2. The van der Waals surface area contributed by atoms with Gasteiger partial charge in [0.15, 0.2) is 5.16 Å². The number of esters is 1. The molecule has 0 aromatic carbocycles. The van der Waals surface area contributed by atoms with Gasteiger partial charge in [-0.3, -0.25) is 0 Å². The van der Waals surface area contributed by atoms with Gasteiger partial charge < -0.3 is 13.7 Å². The van der Waals surface area contributed by atoms with Crippen LogP contribution in [0.1, 0.15) is 59.1 Å². The topological polar surface area (TPSA) is 70.2 Å². The van der Waals surface area contributed by atoms with E-state index in [9.17, 15) is 4.79 Å². The number of ether oxygens (including phenoxy) is 1. The maximum absolute atomic E-state index is 11.7. The Bertz CT molecular complexity index is 707. The number of rotatable bonds is 4. The summed E-state index contributed by atoms with van der Waals surface area (Å²) in [6.45, 7) is 4.87. The number of aryl methyl sites for hydroxylation is 2. The number of carbonyl (C=O) groups is 1. The van der Waals surface area contributed by atoms with E-state index in [1.54, 1.807) is 11.8 Å². The fraction of sp³-hybridized carbons (Fsp3) is 0.562. The lowest BCUT2D eigenvalue weighted by Crippen LogP contribution is -2.03. The van der Waals surface area contributed by atoms with Crippen LogP contribution in [0.4, 0.5) is 0 Å². The van der Waals surface area contributed by atoms with Crippen LogP contribution in [0, 0.1) is 6.92 Å². The summed E-state index contributed by atoms with van der Waals surface area (Å²) in [5.41, 5.74) is 0.791. The van der Waals surface area contributed by atoms with Gasteiger partial charge in [-0.15, -0.1) is 10.2 Å². The summed E-state index contributed by atoms with van der Waals surface area (Å²) in [6, 6.07) is 1.89. The molecule has 0 saturated carbocycles. The van der Waals surface area contributed by atoms with Crippen LogP contribution in [-0.2, 0) is 17.7 Å². The number of nitrogens with zero attached hydrogens (tertiary/aromatic N) is 3. The predicted octanol–water partition coefficient (Wildman–Crippen LogP) is 3.55. The predicted molar refractivity (Wildman–Crippen MR) is 86.6 cm³/mol. The molecule has 0 unspecified atom stereocenters. The van der Waals surface area contributed by atoms with Crippen LogP contribution in [0.5, 0.6) is 0 Å². The van der Waals surface area contributed by atoms with Gasteiger partial charge in [0.05, 0.1) is 12.4 Å². The number of carbonyl (C=O) groups excluding carboxylic acids is 1. The Morgan fingerprint density at radius 1 is 1.39 bits per heavy atom. The molecule has 0 fully saturated rings. The average molecular weight is 335 g/mol. The molecule has 3 rings (SSSR count). The quantitative estimate of drug-likeness (QED) is 0.628. The van der Waals surface area contributed by atoms with Crippen LogP contribution < -0.4 is 0 Å². The van der Waals surface area contributed by atoms with Gasteiger partial charge in [0, 0.05) is 18.5 Å². The van der Waals surface area contributed by atoms with E-state index in [1.807, 2.05) is 19.9 Å². The molecule has 3 heterocycles. The lowest BCUT2D eigenvalue weighted by atomic mass is 10.2. The molecule has 1 aliphatic heterocycles. The Morgan fingerprint density at radius 2 is 2.22 bits per heavy atom. The first-order valence-corrected chi connectivity index (χ1v) is 8.75. The molecular formula is C16H21N3O3S. The summed E-state index contributed by atoms with van der Waals surface area (Å²) in [5, 5.41) is 9.61. The van der Waals surface area contributed by atoms with Crippen LogP contribution in [-0.4, -0.2) is 27.8 Å². The molecule has 0 aliphatic carbocycles. The molecule has 2 aromatic heterocycles. The van der Waals surface area contributed by atoms with Gasteiger partial charge in [-0.05, 0) is 32.8 Å². The minimum atomic E-state index is -0.442. The highest BCUT2D eigenvalue weighted by Crippen LogP contribution is 2.36. The molecule has 0 bridgehead atoms. The first-order chi connectivity index (χ1) is 11.1. The largest absolute Gasteiger partial charge is 0.463 e. The van der Waals surface area contributed by atoms with E-state index in [1.165, 1.54) is 26.4 Å². The highest BCUT2D eigenvalue weighted by molar-refractivity contribution is 7.99. The van der Waals surface area contributed by atoms with Crippen molar-refractivity contribution in [1.82, 2.24) is 14.8 Å². The third-order valence-electron chi connectivity index (χ3n) is 4.07. The third-order valence-corrected chi connectivity index (χ3v) is 5.16. The van der Waals surface area contributed by atoms with Gasteiger partial charge in [-0.2, -0.15) is 0 Å². The smallest absolute Gasteiger partial charge is 0.374 e. The lowest BCUT2D eigenvalue weighted by Gasteiger charge is -2.10. The Labute approximate surface area is 139 Å². The second kappa shape index (κ2) is 6.78. The summed E-state index contributed by atoms with van der Waals surface area (Å²) >= 11 is 1.61. The summed E-state index contributed by atoms with van der Waals surface area (Å²) < 4.78 is 12.6. The Balaban J connectivity index is 1.78. The lowest BCUT2D eigenvalue weighted by molar-refractivity contribution is 0.0562. The Morgan fingerprint density at radius 3 is 3.00 bits per heavy atom. The molecule has 23 heavy (non-hydrogen) atoms. The summed E-state index contributed by atoms with van der Waals surface area (Å²) in [6.07, 6.45) is 4.58. The van der Waals surface area contributed by atoms with Crippen molar-refractivity contribution >= 4 is 17.7 Å². The highest BCUT2D eigenvalue weighted by Gasteiger charge is 2.23. The van der Waals surface area contributed by atoms with Gasteiger partial charge in [0.2, 0.25) is 5.76 Å². The van der Waals surface area contributed by atoms with Gasteiger partial charge in [0.1, 0.15) is 11.6 Å². The van der Waals surface area contributed by atoms with Crippen molar-refractivity contribution in [2.45, 2.75) is 56.5 Å². The number of thioether (sulfide) groups is 1. The fourth-order valence-corrected chi connectivity index (χ4v) is 3.72. The van der Waals surface area contributed by atoms with Crippen molar-refractivity contribution in [2.24, 2.45) is 0 Å². The maximum Gasteiger partial charge on any atom is 0.374 e. The van der Waals surface area contributed by atoms with E-state index >= 15 is 0 Å². The first kappa shape index (κ1) is 16.1. The molecule has 124 valence electrons. The molecular weight excluding hydrogens is 314 g/mol. The number of fused-ring (bicyclic) bond motifs is 1. The molecule has 0 saturated heterocycles. The molecule has 7 heteroatoms. The second-order valence-corrected chi connectivity index (χ2v) is 7.08. The van der Waals surface area contributed by atoms with Crippen LogP contribution in [0.3, 0.4) is 0 Å². The minimum absolute atomic E-state index is 0.0451. The van der Waals surface area contributed by atoms with Crippen molar-refractivity contribution in [2.75, 3.05) is 7.11 Å². The number of hydrogen-bond acceptors (Lipinski definition) is 6. The first-order valence-electron chi connectivity index (χ1n) is 7.87. The summed E-state index contributed by atoms with van der Waals surface area (Å²) in [5.74, 6) is 1.65. The zero-order chi connectivity index (χ0) is 16.4. The molecule has 6 nitrogen and oxygen atoms in total. The van der Waals surface area contributed by atoms with Gasteiger partial charge in [-0.25, -0.2) is 4.79 Å². The fourth-order valence-electron chi connectivity index (χ4n) is 2.76. The van der Waals surface area contributed by atoms with Crippen LogP contribution in [0.25, 0.3) is 0 Å². The average Bonchev–Trinajstić information content (AvgIpc) is 3.02. The van der Waals surface area contributed by atoms with E-state index in [0.29, 0.717) is 0 Å². The van der Waals surface area contributed by atoms with Gasteiger partial charge >= 0.3 is 5.97 Å². The normalized spacial score (nSPS) is 15.8. The molecule has 1 aliphatic rings. The monoisotopic (exact) mass is 335 g/mol. The molecule has 0 radical (unpaired) electrons. The van der Waals surface area contributed by atoms with Gasteiger partial charge in [-0.1, -0.05) is 18.2 Å². The number of hydrogen-bond donors (Lipinski definition) is 0. The minimum Gasteiger partial charge on any atom is -0.463 e. The van der Waals surface area contributed by atoms with Crippen LogP contribution in [0.2, 0.25) is 0 Å². The van der Waals surface area contributed by atoms with E-state index in [2.05, 4.69) is 14.8 Å². The Hall–Kier alpha value is -1.76. The van der Waals surface area contributed by atoms with Crippen molar-refractivity contribution < 1.29 is 13.9 Å². The van der Waals surface area contributed by atoms with Crippen molar-refractivity contribution in [3.05, 3.63) is 29.0 Å². The van der Waals surface area contributed by atoms with Crippen LogP contribution >= 0.6 is 11.8 Å². The van der Waals surface area contributed by atoms with E-state index < -0.39 is 5.97 Å². The zero-order valence-electron chi connectivity index (χ0n) is 13.7. The van der Waals surface area contributed by atoms with Crippen molar-refractivity contribution in [1.29, 1.82) is 0 Å². The van der Waals surface area contributed by atoms with E-state index in [4.69, 9.17) is 9.15 Å². The molecule has 0 spiro atoms. The number of aromatic nitrogens is 3. The standard InChI is InChI=1S/C16H21N3O3S/c1-10-9-12(22-14(10)15(20)21-3)11(2)23-16-18-17-13-7-5-4-6-8-19(13)16/h9,11H,4-8H2,1-3H3/t11-/m1/s1. The zero-order valence-corrected chi connectivity index (χ0v) is 14.5. The van der Waals surface area contributed by atoms with E-state index in [-0.39, 0.29) is 11.0 Å². The van der Waals surface area contributed by atoms with Crippen molar-refractivity contribution in [3.63, 3.8) is 0 Å². The van der Waals surface area contributed by atoms with E-state index in [0.717, 1.165) is 35.3 Å². The number of furan rings is 1.